The van der Waals surface area contributed by atoms with Gasteiger partial charge in [0.2, 0.25) is 5.91 Å². The van der Waals surface area contributed by atoms with Gasteiger partial charge in [-0.3, -0.25) is 9.59 Å². The molecule has 1 fully saturated rings. The number of carboxylic acid groups (broad SMARTS) is 1. The number of amides is 1. The number of hydrogen-bond donors (Lipinski definition) is 2. The smallest absolute Gasteiger partial charge is 0.307 e. The first-order chi connectivity index (χ1) is 10.6. The van der Waals surface area contributed by atoms with Gasteiger partial charge in [0.05, 0.1) is 18.9 Å². The van der Waals surface area contributed by atoms with Gasteiger partial charge in [-0.2, -0.15) is 0 Å². The standard InChI is InChI=1S/C17H19NO4/c1-22-13-8-6-12(7-9-13)18-16(19)14-10-2-4-11(5-3-10)15(14)17(20)21/h2,4,6-11,14-15H,3,5H2,1H3,(H,18,19)(H,20,21)/t10-,11-,14+,15+/m0/s1. The quantitative estimate of drug-likeness (QED) is 0.838. The molecule has 3 aliphatic carbocycles. The Morgan fingerprint density at radius 3 is 2.18 bits per heavy atom. The fraction of sp³-hybridized carbons (Fsp3) is 0.412. The lowest BCUT2D eigenvalue weighted by Gasteiger charge is -2.41. The maximum Gasteiger partial charge on any atom is 0.307 e. The van der Waals surface area contributed by atoms with Gasteiger partial charge in [0.15, 0.2) is 0 Å². The molecule has 22 heavy (non-hydrogen) atoms. The van der Waals surface area contributed by atoms with Gasteiger partial charge in [-0.05, 0) is 48.9 Å². The first-order valence-electron chi connectivity index (χ1n) is 7.46. The highest BCUT2D eigenvalue weighted by Crippen LogP contribution is 2.45. The molecule has 0 aromatic heterocycles. The second-order valence-corrected chi connectivity index (χ2v) is 5.90. The van der Waals surface area contributed by atoms with E-state index >= 15 is 0 Å². The maximum absolute atomic E-state index is 12.6. The number of anilines is 1. The van der Waals surface area contributed by atoms with Gasteiger partial charge < -0.3 is 15.2 Å². The van der Waals surface area contributed by atoms with Crippen LogP contribution in [0.15, 0.2) is 36.4 Å². The van der Waals surface area contributed by atoms with Crippen molar-refractivity contribution in [3.05, 3.63) is 36.4 Å². The van der Waals surface area contributed by atoms with Crippen LogP contribution in [0.5, 0.6) is 5.75 Å². The van der Waals surface area contributed by atoms with Crippen LogP contribution in [0.25, 0.3) is 0 Å². The minimum absolute atomic E-state index is 0.0179. The molecular weight excluding hydrogens is 282 g/mol. The molecule has 1 aromatic carbocycles. The lowest BCUT2D eigenvalue weighted by atomic mass is 9.62. The van der Waals surface area contributed by atoms with Gasteiger partial charge in [0.1, 0.15) is 5.75 Å². The Balaban J connectivity index is 1.78. The summed E-state index contributed by atoms with van der Waals surface area (Å²) in [5.41, 5.74) is 0.653. The summed E-state index contributed by atoms with van der Waals surface area (Å²) in [5, 5.41) is 12.3. The molecule has 1 saturated carbocycles. The summed E-state index contributed by atoms with van der Waals surface area (Å²) < 4.78 is 5.08. The van der Waals surface area contributed by atoms with Gasteiger partial charge in [0.25, 0.3) is 0 Å². The minimum atomic E-state index is -0.881. The molecule has 4 rings (SSSR count). The van der Waals surface area contributed by atoms with Crippen LogP contribution < -0.4 is 10.1 Å². The van der Waals surface area contributed by atoms with Crippen molar-refractivity contribution in [3.8, 4) is 5.75 Å². The van der Waals surface area contributed by atoms with E-state index in [1.807, 2.05) is 12.2 Å². The Morgan fingerprint density at radius 1 is 1.09 bits per heavy atom. The second-order valence-electron chi connectivity index (χ2n) is 5.90. The summed E-state index contributed by atoms with van der Waals surface area (Å²) in [6.45, 7) is 0. The molecule has 0 saturated heterocycles. The zero-order valence-corrected chi connectivity index (χ0v) is 12.4. The van der Waals surface area contributed by atoms with E-state index in [0.29, 0.717) is 11.4 Å². The molecular formula is C17H19NO4. The zero-order valence-electron chi connectivity index (χ0n) is 12.4. The number of carboxylic acids is 1. The van der Waals surface area contributed by atoms with Gasteiger partial charge >= 0.3 is 5.97 Å². The van der Waals surface area contributed by atoms with Gasteiger partial charge in [-0.1, -0.05) is 12.2 Å². The van der Waals surface area contributed by atoms with Crippen LogP contribution in [0.1, 0.15) is 12.8 Å². The first kappa shape index (κ1) is 14.6. The third-order valence-corrected chi connectivity index (χ3v) is 4.69. The first-order valence-corrected chi connectivity index (χ1v) is 7.46. The Labute approximate surface area is 129 Å². The predicted octanol–water partition coefficient (Wildman–Crippen LogP) is 2.55. The number of ether oxygens (including phenoxy) is 1. The van der Waals surface area contributed by atoms with Crippen LogP contribution in [-0.2, 0) is 9.59 Å². The fourth-order valence-corrected chi connectivity index (χ4v) is 3.59. The third kappa shape index (κ3) is 2.58. The average molecular weight is 301 g/mol. The number of carbonyl (C=O) groups is 2. The van der Waals surface area contributed by atoms with Crippen molar-refractivity contribution < 1.29 is 19.4 Å². The number of aliphatic carboxylic acids is 1. The maximum atomic E-state index is 12.6. The van der Waals surface area contributed by atoms with E-state index in [2.05, 4.69) is 5.32 Å². The second kappa shape index (κ2) is 5.83. The number of methoxy groups -OCH3 is 1. The predicted molar refractivity (Wildman–Crippen MR) is 81.6 cm³/mol. The molecule has 0 heterocycles. The molecule has 1 amide bonds. The SMILES string of the molecule is COc1ccc(NC(=O)[C@H]2[C@H](C(=O)O)[C@H]3C=C[C@H]2CC3)cc1. The number of benzene rings is 1. The van der Waals surface area contributed by atoms with E-state index in [0.717, 1.165) is 12.8 Å². The summed E-state index contributed by atoms with van der Waals surface area (Å²) in [5.74, 6) is -1.52. The molecule has 5 heteroatoms. The van der Waals surface area contributed by atoms with Crippen LogP contribution in [0.2, 0.25) is 0 Å². The fourth-order valence-electron chi connectivity index (χ4n) is 3.59. The summed E-state index contributed by atoms with van der Waals surface area (Å²) in [7, 11) is 1.58. The van der Waals surface area contributed by atoms with Crippen LogP contribution in [-0.4, -0.2) is 24.1 Å². The molecule has 5 nitrogen and oxygen atoms in total. The van der Waals surface area contributed by atoms with E-state index in [1.165, 1.54) is 0 Å². The Morgan fingerprint density at radius 2 is 1.68 bits per heavy atom. The largest absolute Gasteiger partial charge is 0.497 e. The van der Waals surface area contributed by atoms with Crippen molar-refractivity contribution in [2.45, 2.75) is 12.8 Å². The third-order valence-electron chi connectivity index (χ3n) is 4.69. The Kier molecular flexibility index (Phi) is 3.88. The number of hydrogen-bond acceptors (Lipinski definition) is 3. The number of nitrogens with one attached hydrogen (secondary N) is 1. The van der Waals surface area contributed by atoms with Crippen LogP contribution >= 0.6 is 0 Å². The molecule has 1 aromatic rings. The van der Waals surface area contributed by atoms with Gasteiger partial charge in [0, 0.05) is 5.69 Å². The number of rotatable bonds is 4. The molecule has 0 radical (unpaired) electrons. The summed E-state index contributed by atoms with van der Waals surface area (Å²) in [6.07, 6.45) is 5.70. The summed E-state index contributed by atoms with van der Waals surface area (Å²) in [6, 6.07) is 7.03. The Bertz CT molecular complexity index is 608. The van der Waals surface area contributed by atoms with Gasteiger partial charge in [-0.15, -0.1) is 0 Å². The highest BCUT2D eigenvalue weighted by Gasteiger charge is 2.48. The normalized spacial score (nSPS) is 29.1. The van der Waals surface area contributed by atoms with Crippen LogP contribution in [0, 0.1) is 23.7 Å². The van der Waals surface area contributed by atoms with Gasteiger partial charge in [-0.25, -0.2) is 0 Å². The number of allylic oxidation sites excluding steroid dienone is 2. The molecule has 0 unspecified atom stereocenters. The van der Waals surface area contributed by atoms with Crippen molar-refractivity contribution in [2.24, 2.45) is 23.7 Å². The van der Waals surface area contributed by atoms with Crippen molar-refractivity contribution in [2.75, 3.05) is 12.4 Å². The van der Waals surface area contributed by atoms with E-state index in [4.69, 9.17) is 4.74 Å². The summed E-state index contributed by atoms with van der Waals surface area (Å²) >= 11 is 0. The minimum Gasteiger partial charge on any atom is -0.497 e. The molecule has 0 aliphatic heterocycles. The zero-order chi connectivity index (χ0) is 15.7. The topological polar surface area (TPSA) is 75.6 Å². The van der Waals surface area contributed by atoms with E-state index in [1.54, 1.807) is 31.4 Å². The molecule has 116 valence electrons. The van der Waals surface area contributed by atoms with E-state index < -0.39 is 17.8 Å². The van der Waals surface area contributed by atoms with E-state index in [-0.39, 0.29) is 17.7 Å². The van der Waals surface area contributed by atoms with Crippen LogP contribution in [0.3, 0.4) is 0 Å². The summed E-state index contributed by atoms with van der Waals surface area (Å²) in [4.78, 5) is 24.2. The molecule has 3 aliphatic rings. The highest BCUT2D eigenvalue weighted by molar-refractivity contribution is 5.96. The molecule has 0 spiro atoms. The highest BCUT2D eigenvalue weighted by atomic mass is 16.5. The lowest BCUT2D eigenvalue weighted by molar-refractivity contribution is -0.151. The molecule has 4 atom stereocenters. The average Bonchev–Trinajstić information content (AvgIpc) is 2.55. The van der Waals surface area contributed by atoms with Crippen molar-refractivity contribution in [3.63, 3.8) is 0 Å². The van der Waals surface area contributed by atoms with Crippen molar-refractivity contribution in [1.29, 1.82) is 0 Å². The number of carbonyl (C=O) groups excluding carboxylic acids is 1. The monoisotopic (exact) mass is 301 g/mol. The van der Waals surface area contributed by atoms with Crippen molar-refractivity contribution in [1.82, 2.24) is 0 Å². The molecule has 2 bridgehead atoms. The van der Waals surface area contributed by atoms with E-state index in [9.17, 15) is 14.7 Å². The molecule has 2 N–H and O–H groups in total. The lowest BCUT2D eigenvalue weighted by Crippen LogP contribution is -2.47. The Hall–Kier alpha value is -2.30. The number of fused-ring (bicyclic) bond motifs is 2. The van der Waals surface area contributed by atoms with Crippen LogP contribution in [0.4, 0.5) is 5.69 Å². The van der Waals surface area contributed by atoms with Crippen molar-refractivity contribution >= 4 is 17.6 Å².